The summed E-state index contributed by atoms with van der Waals surface area (Å²) in [5, 5.41) is 0. The molecule has 1 aromatic rings. The van der Waals surface area contributed by atoms with Crippen molar-refractivity contribution in [1.29, 1.82) is 0 Å². The van der Waals surface area contributed by atoms with Crippen molar-refractivity contribution < 1.29 is 0 Å². The average Bonchev–Trinajstić information content (AvgIpc) is 2.09. The molecule has 0 aromatic heterocycles. The van der Waals surface area contributed by atoms with E-state index >= 15 is 0 Å². The monoisotopic (exact) mass is 194 g/mol. The third kappa shape index (κ3) is 3.25. The molecule has 0 saturated heterocycles. The molecule has 0 N–H and O–H groups in total. The van der Waals surface area contributed by atoms with Gasteiger partial charge in [0, 0.05) is 22.6 Å². The maximum absolute atomic E-state index is 4.18. The van der Waals surface area contributed by atoms with Crippen LogP contribution in [0.5, 0.6) is 0 Å². The van der Waals surface area contributed by atoms with Gasteiger partial charge in [-0.05, 0) is 24.3 Å². The Labute approximate surface area is 84.2 Å². The second kappa shape index (κ2) is 5.18. The van der Waals surface area contributed by atoms with Crippen LogP contribution in [0.1, 0.15) is 12.0 Å². The number of rotatable bonds is 1. The van der Waals surface area contributed by atoms with Gasteiger partial charge in [0.25, 0.3) is 0 Å². The molecule has 62 valence electrons. The maximum atomic E-state index is 4.18. The molecule has 0 saturated carbocycles. The highest BCUT2D eigenvalue weighted by atomic mass is 32.1. The van der Waals surface area contributed by atoms with Gasteiger partial charge in [-0.2, -0.15) is 12.6 Å². The first kappa shape index (κ1) is 9.57. The fourth-order valence-electron chi connectivity index (χ4n) is 0.765. The Morgan fingerprint density at radius 3 is 2.42 bits per heavy atom. The smallest absolute Gasteiger partial charge is 0.0246 e. The zero-order chi connectivity index (χ0) is 8.81. The fourth-order valence-corrected chi connectivity index (χ4v) is 1.03. The van der Waals surface area contributed by atoms with Crippen LogP contribution in [0.2, 0.25) is 0 Å². The molecule has 1 rings (SSSR count). The summed E-state index contributed by atoms with van der Waals surface area (Å²) in [7, 11) is 0. The van der Waals surface area contributed by atoms with Gasteiger partial charge in [0.05, 0.1) is 0 Å². The summed E-state index contributed by atoms with van der Waals surface area (Å²) >= 11 is 8.25. The predicted molar refractivity (Wildman–Crippen MR) is 59.0 cm³/mol. The van der Waals surface area contributed by atoms with Crippen molar-refractivity contribution in [3.8, 4) is 11.8 Å². The summed E-state index contributed by atoms with van der Waals surface area (Å²) in [4.78, 5) is 0.967. The molecule has 0 fully saturated rings. The lowest BCUT2D eigenvalue weighted by molar-refractivity contribution is 1.31. The molecule has 0 spiro atoms. The Morgan fingerprint density at radius 1 is 1.17 bits per heavy atom. The van der Waals surface area contributed by atoms with Crippen molar-refractivity contribution in [3.63, 3.8) is 0 Å². The molecular formula is C10H10S2. The van der Waals surface area contributed by atoms with E-state index in [2.05, 4.69) is 37.1 Å². The largest absolute Gasteiger partial charge is 0.178 e. The van der Waals surface area contributed by atoms with E-state index in [1.165, 1.54) is 0 Å². The van der Waals surface area contributed by atoms with E-state index in [4.69, 9.17) is 0 Å². The van der Waals surface area contributed by atoms with Gasteiger partial charge in [-0.25, -0.2) is 0 Å². The van der Waals surface area contributed by atoms with Crippen LogP contribution in [0, 0.1) is 11.8 Å². The maximum Gasteiger partial charge on any atom is 0.0246 e. The zero-order valence-electron chi connectivity index (χ0n) is 6.62. The first-order chi connectivity index (χ1) is 5.83. The minimum Gasteiger partial charge on any atom is -0.178 e. The molecule has 2 heteroatoms. The summed E-state index contributed by atoms with van der Waals surface area (Å²) in [6.45, 7) is 0. The van der Waals surface area contributed by atoms with Crippen molar-refractivity contribution in [2.45, 2.75) is 11.3 Å². The van der Waals surface area contributed by atoms with Crippen LogP contribution < -0.4 is 0 Å². The van der Waals surface area contributed by atoms with E-state index in [1.54, 1.807) is 0 Å². The van der Waals surface area contributed by atoms with Gasteiger partial charge in [0.1, 0.15) is 0 Å². The number of benzene rings is 1. The zero-order valence-corrected chi connectivity index (χ0v) is 8.41. The van der Waals surface area contributed by atoms with E-state index < -0.39 is 0 Å². The van der Waals surface area contributed by atoms with Gasteiger partial charge in [0.15, 0.2) is 0 Å². The molecular weight excluding hydrogens is 184 g/mol. The van der Waals surface area contributed by atoms with E-state index in [1.807, 2.05) is 24.3 Å². The Morgan fingerprint density at radius 2 is 1.83 bits per heavy atom. The average molecular weight is 194 g/mol. The van der Waals surface area contributed by atoms with Gasteiger partial charge in [-0.1, -0.05) is 11.8 Å². The summed E-state index contributed by atoms with van der Waals surface area (Å²) in [5.74, 6) is 6.88. The van der Waals surface area contributed by atoms with Gasteiger partial charge in [0.2, 0.25) is 0 Å². The first-order valence-corrected chi connectivity index (χ1v) is 4.79. The lowest BCUT2D eigenvalue weighted by Gasteiger charge is -1.90. The van der Waals surface area contributed by atoms with Crippen molar-refractivity contribution in [1.82, 2.24) is 0 Å². The Hall–Kier alpha value is -0.520. The molecule has 0 amide bonds. The second-order valence-corrected chi connectivity index (χ2v) is 3.29. The SMILES string of the molecule is SCCC#Cc1ccc(S)cc1. The lowest BCUT2D eigenvalue weighted by atomic mass is 10.2. The Kier molecular flexibility index (Phi) is 4.13. The summed E-state index contributed by atoms with van der Waals surface area (Å²) in [6.07, 6.45) is 0.839. The molecule has 0 heterocycles. The molecule has 0 nitrogen and oxygen atoms in total. The van der Waals surface area contributed by atoms with Crippen molar-refractivity contribution in [3.05, 3.63) is 29.8 Å². The predicted octanol–water partition coefficient (Wildman–Crippen LogP) is 2.65. The van der Waals surface area contributed by atoms with Crippen LogP contribution in [0.3, 0.4) is 0 Å². The Bertz CT molecular complexity index is 290. The standard InChI is InChI=1S/C10H10S2/c11-8-2-1-3-9-4-6-10(12)7-5-9/h4-7,11-12H,2,8H2. The van der Waals surface area contributed by atoms with Gasteiger partial charge >= 0.3 is 0 Å². The fraction of sp³-hybridized carbons (Fsp3) is 0.200. The quantitative estimate of drug-likeness (QED) is 0.498. The molecule has 0 aliphatic rings. The summed E-state index contributed by atoms with van der Waals surface area (Å²) < 4.78 is 0. The molecule has 1 aromatic carbocycles. The van der Waals surface area contributed by atoms with Crippen molar-refractivity contribution >= 4 is 25.3 Å². The van der Waals surface area contributed by atoms with Gasteiger partial charge < -0.3 is 0 Å². The molecule has 0 aliphatic carbocycles. The van der Waals surface area contributed by atoms with Gasteiger partial charge in [-0.3, -0.25) is 0 Å². The lowest BCUT2D eigenvalue weighted by Crippen LogP contribution is -1.73. The van der Waals surface area contributed by atoms with Crippen LogP contribution in [0.25, 0.3) is 0 Å². The van der Waals surface area contributed by atoms with Gasteiger partial charge in [-0.15, -0.1) is 12.6 Å². The van der Waals surface area contributed by atoms with Crippen LogP contribution in [-0.4, -0.2) is 5.75 Å². The first-order valence-electron chi connectivity index (χ1n) is 3.71. The molecule has 0 aliphatic heterocycles. The van der Waals surface area contributed by atoms with E-state index in [0.29, 0.717) is 0 Å². The second-order valence-electron chi connectivity index (χ2n) is 2.32. The van der Waals surface area contributed by atoms with Crippen molar-refractivity contribution in [2.24, 2.45) is 0 Å². The molecule has 0 unspecified atom stereocenters. The minimum absolute atomic E-state index is 0.817. The summed E-state index contributed by atoms with van der Waals surface area (Å²) in [6, 6.07) is 7.81. The normalized spacial score (nSPS) is 8.83. The Balaban J connectivity index is 2.66. The number of thiol groups is 2. The van der Waals surface area contributed by atoms with Crippen LogP contribution in [-0.2, 0) is 0 Å². The van der Waals surface area contributed by atoms with Crippen LogP contribution >= 0.6 is 25.3 Å². The molecule has 12 heavy (non-hydrogen) atoms. The highest BCUT2D eigenvalue weighted by Crippen LogP contribution is 2.06. The topological polar surface area (TPSA) is 0 Å². The highest BCUT2D eigenvalue weighted by molar-refractivity contribution is 7.80. The molecule has 0 atom stereocenters. The minimum atomic E-state index is 0.817. The van der Waals surface area contributed by atoms with Crippen LogP contribution in [0.15, 0.2) is 29.2 Å². The molecule has 0 bridgehead atoms. The third-order valence-corrected chi connectivity index (χ3v) is 1.86. The van der Waals surface area contributed by atoms with E-state index in [0.717, 1.165) is 22.6 Å². The number of hydrogen-bond donors (Lipinski definition) is 2. The highest BCUT2D eigenvalue weighted by Gasteiger charge is 1.85. The van der Waals surface area contributed by atoms with Crippen LogP contribution in [0.4, 0.5) is 0 Å². The third-order valence-electron chi connectivity index (χ3n) is 1.34. The van der Waals surface area contributed by atoms with E-state index in [9.17, 15) is 0 Å². The van der Waals surface area contributed by atoms with E-state index in [-0.39, 0.29) is 0 Å². The summed E-state index contributed by atoms with van der Waals surface area (Å²) in [5.41, 5.74) is 1.04. The number of hydrogen-bond acceptors (Lipinski definition) is 2. The molecule has 0 radical (unpaired) electrons. The van der Waals surface area contributed by atoms with Crippen molar-refractivity contribution in [2.75, 3.05) is 5.75 Å².